The zero-order valence-electron chi connectivity index (χ0n) is 18.2. The molecule has 2 saturated heterocycles. The number of carbonyl (C=O) groups excluding carboxylic acids is 1. The molecule has 0 aromatic carbocycles. The Morgan fingerprint density at radius 2 is 2.13 bits per heavy atom. The SMILES string of the molecule is CC(C)(C)c1cc2n(n1)[C@@H](C(F)F)C[C@@H](C1CCCN(C(=O)CC3CCCO3)C1)N2. The molecule has 0 saturated carbocycles. The number of hydrogen-bond donors (Lipinski definition) is 1. The Morgan fingerprint density at radius 3 is 2.80 bits per heavy atom. The Labute approximate surface area is 177 Å². The summed E-state index contributed by atoms with van der Waals surface area (Å²) in [5.74, 6) is 0.965. The zero-order chi connectivity index (χ0) is 21.5. The molecule has 0 radical (unpaired) electrons. The van der Waals surface area contributed by atoms with Crippen molar-refractivity contribution in [2.75, 3.05) is 25.0 Å². The minimum Gasteiger partial charge on any atom is -0.378 e. The lowest BCUT2D eigenvalue weighted by Crippen LogP contribution is -2.48. The van der Waals surface area contributed by atoms with Crippen molar-refractivity contribution >= 4 is 11.7 Å². The standard InChI is InChI=1S/C22H34F2N4O2/c1-22(2,3)18-12-19-25-16(11-17(21(23)24)28(19)26-18)14-6-4-8-27(13-14)20(29)10-15-7-5-9-30-15/h12,14-17,21,25H,4-11,13H2,1-3H3/t14?,15?,16-,17+/m0/s1. The molecule has 6 nitrogen and oxygen atoms in total. The van der Waals surface area contributed by atoms with Crippen LogP contribution in [0.3, 0.4) is 0 Å². The fourth-order valence-corrected chi connectivity index (χ4v) is 4.94. The third kappa shape index (κ3) is 4.48. The molecule has 1 aromatic rings. The van der Waals surface area contributed by atoms with Crippen molar-refractivity contribution in [3.8, 4) is 0 Å². The first-order valence-corrected chi connectivity index (χ1v) is 11.3. The van der Waals surface area contributed by atoms with Gasteiger partial charge in [-0.2, -0.15) is 5.10 Å². The maximum absolute atomic E-state index is 13.9. The smallest absolute Gasteiger partial charge is 0.260 e. The van der Waals surface area contributed by atoms with Crippen LogP contribution in [0.15, 0.2) is 6.07 Å². The van der Waals surface area contributed by atoms with E-state index in [1.807, 2.05) is 31.7 Å². The number of ether oxygens (including phenoxy) is 1. The van der Waals surface area contributed by atoms with Crippen molar-refractivity contribution in [1.29, 1.82) is 0 Å². The molecule has 3 aliphatic rings. The molecule has 0 bridgehead atoms. The van der Waals surface area contributed by atoms with E-state index >= 15 is 0 Å². The van der Waals surface area contributed by atoms with E-state index in [4.69, 9.17) is 4.74 Å². The zero-order valence-corrected chi connectivity index (χ0v) is 18.2. The van der Waals surface area contributed by atoms with Crippen molar-refractivity contribution < 1.29 is 18.3 Å². The summed E-state index contributed by atoms with van der Waals surface area (Å²) in [5, 5.41) is 7.98. The molecular formula is C22H34F2N4O2. The number of halogens is 2. The number of rotatable bonds is 4. The predicted molar refractivity (Wildman–Crippen MR) is 111 cm³/mol. The topological polar surface area (TPSA) is 59.4 Å². The van der Waals surface area contributed by atoms with Gasteiger partial charge >= 0.3 is 0 Å². The first-order valence-electron chi connectivity index (χ1n) is 11.3. The Morgan fingerprint density at radius 1 is 1.33 bits per heavy atom. The number of amides is 1. The van der Waals surface area contributed by atoms with Crippen LogP contribution in [0.4, 0.5) is 14.6 Å². The van der Waals surface area contributed by atoms with E-state index in [1.54, 1.807) is 0 Å². The minimum absolute atomic E-state index is 0.0408. The van der Waals surface area contributed by atoms with Crippen LogP contribution >= 0.6 is 0 Å². The largest absolute Gasteiger partial charge is 0.378 e. The third-order valence-electron chi connectivity index (χ3n) is 6.74. The van der Waals surface area contributed by atoms with Gasteiger partial charge < -0.3 is 15.0 Å². The molecule has 0 spiro atoms. The van der Waals surface area contributed by atoms with Crippen LogP contribution in [0.25, 0.3) is 0 Å². The van der Waals surface area contributed by atoms with Gasteiger partial charge in [0.25, 0.3) is 6.43 Å². The highest BCUT2D eigenvalue weighted by Gasteiger charge is 2.39. The van der Waals surface area contributed by atoms with Crippen LogP contribution in [0.1, 0.15) is 71.0 Å². The Kier molecular flexibility index (Phi) is 6.06. The lowest BCUT2D eigenvalue weighted by atomic mass is 9.85. The second-order valence-electron chi connectivity index (χ2n) is 10.1. The lowest BCUT2D eigenvalue weighted by Gasteiger charge is -2.41. The molecule has 3 aliphatic heterocycles. The van der Waals surface area contributed by atoms with Crippen LogP contribution in [-0.2, 0) is 14.9 Å². The number of fused-ring (bicyclic) bond motifs is 1. The number of nitrogens with one attached hydrogen (secondary N) is 1. The summed E-state index contributed by atoms with van der Waals surface area (Å²) in [4.78, 5) is 14.7. The highest BCUT2D eigenvalue weighted by Crippen LogP contribution is 2.38. The van der Waals surface area contributed by atoms with E-state index in [1.165, 1.54) is 4.68 Å². The summed E-state index contributed by atoms with van der Waals surface area (Å²) in [5.41, 5.74) is 0.609. The summed E-state index contributed by atoms with van der Waals surface area (Å²) in [6, 6.07) is 0.893. The number of nitrogens with zero attached hydrogens (tertiary/aromatic N) is 3. The quantitative estimate of drug-likeness (QED) is 0.794. The predicted octanol–water partition coefficient (Wildman–Crippen LogP) is 3.98. The van der Waals surface area contributed by atoms with Gasteiger partial charge in [-0.1, -0.05) is 20.8 Å². The van der Waals surface area contributed by atoms with Crippen LogP contribution < -0.4 is 5.32 Å². The normalized spacial score (nSPS) is 29.7. The van der Waals surface area contributed by atoms with Crippen molar-refractivity contribution in [1.82, 2.24) is 14.7 Å². The van der Waals surface area contributed by atoms with E-state index in [9.17, 15) is 13.6 Å². The van der Waals surface area contributed by atoms with Gasteiger partial charge in [-0.3, -0.25) is 4.79 Å². The molecular weight excluding hydrogens is 390 g/mol. The van der Waals surface area contributed by atoms with Crippen LogP contribution in [0.5, 0.6) is 0 Å². The average Bonchev–Trinajstić information content (AvgIpc) is 3.36. The Bertz CT molecular complexity index is 755. The fourth-order valence-electron chi connectivity index (χ4n) is 4.94. The van der Waals surface area contributed by atoms with E-state index in [-0.39, 0.29) is 29.4 Å². The van der Waals surface area contributed by atoms with Gasteiger partial charge in [0.2, 0.25) is 5.91 Å². The van der Waals surface area contributed by atoms with Crippen LogP contribution in [0, 0.1) is 5.92 Å². The maximum Gasteiger partial charge on any atom is 0.260 e. The van der Waals surface area contributed by atoms with Gasteiger partial charge in [0.1, 0.15) is 11.9 Å². The van der Waals surface area contributed by atoms with Gasteiger partial charge in [0.05, 0.1) is 18.2 Å². The number of carbonyl (C=O) groups is 1. The first kappa shape index (κ1) is 21.5. The maximum atomic E-state index is 13.9. The number of aromatic nitrogens is 2. The molecule has 4 heterocycles. The molecule has 1 amide bonds. The molecule has 2 unspecified atom stereocenters. The second kappa shape index (κ2) is 8.44. The summed E-state index contributed by atoms with van der Waals surface area (Å²) in [6.45, 7) is 8.23. The molecule has 0 aliphatic carbocycles. The van der Waals surface area contributed by atoms with E-state index in [0.29, 0.717) is 25.2 Å². The van der Waals surface area contributed by atoms with Gasteiger partial charge in [-0.05, 0) is 38.0 Å². The van der Waals surface area contributed by atoms with E-state index < -0.39 is 12.5 Å². The molecule has 168 valence electrons. The van der Waals surface area contributed by atoms with Crippen molar-refractivity contribution in [3.05, 3.63) is 11.8 Å². The van der Waals surface area contributed by atoms with Crippen molar-refractivity contribution in [2.24, 2.45) is 5.92 Å². The highest BCUT2D eigenvalue weighted by atomic mass is 19.3. The van der Waals surface area contributed by atoms with Crippen LogP contribution in [0.2, 0.25) is 0 Å². The minimum atomic E-state index is -2.47. The number of piperidine rings is 1. The van der Waals surface area contributed by atoms with Gasteiger partial charge in [-0.15, -0.1) is 0 Å². The summed E-state index contributed by atoms with van der Waals surface area (Å²) in [6.07, 6.45) is 2.15. The number of anilines is 1. The Balaban J connectivity index is 1.46. The number of likely N-dealkylation sites (tertiary alicyclic amines) is 1. The lowest BCUT2D eigenvalue weighted by molar-refractivity contribution is -0.135. The summed E-state index contributed by atoms with van der Waals surface area (Å²) >= 11 is 0. The fraction of sp³-hybridized carbons (Fsp3) is 0.818. The average molecular weight is 425 g/mol. The Hall–Kier alpha value is -1.70. The van der Waals surface area contributed by atoms with Crippen LogP contribution in [-0.4, -0.2) is 58.9 Å². The monoisotopic (exact) mass is 424 g/mol. The first-order chi connectivity index (χ1) is 14.2. The highest BCUT2D eigenvalue weighted by molar-refractivity contribution is 5.76. The second-order valence-corrected chi connectivity index (χ2v) is 10.1. The molecule has 1 aromatic heterocycles. The molecule has 4 rings (SSSR count). The molecule has 4 atom stereocenters. The molecule has 30 heavy (non-hydrogen) atoms. The van der Waals surface area contributed by atoms with Gasteiger partial charge in [0.15, 0.2) is 0 Å². The van der Waals surface area contributed by atoms with E-state index in [0.717, 1.165) is 44.5 Å². The summed E-state index contributed by atoms with van der Waals surface area (Å²) < 4.78 is 34.9. The molecule has 1 N–H and O–H groups in total. The van der Waals surface area contributed by atoms with E-state index in [2.05, 4.69) is 10.4 Å². The van der Waals surface area contributed by atoms with Gasteiger partial charge in [-0.25, -0.2) is 13.5 Å². The number of alkyl halides is 2. The number of hydrogen-bond acceptors (Lipinski definition) is 4. The van der Waals surface area contributed by atoms with Gasteiger partial charge in [0, 0.05) is 37.2 Å². The third-order valence-corrected chi connectivity index (χ3v) is 6.74. The van der Waals surface area contributed by atoms with Crippen molar-refractivity contribution in [3.63, 3.8) is 0 Å². The van der Waals surface area contributed by atoms with Crippen molar-refractivity contribution in [2.45, 2.75) is 89.3 Å². The molecule has 8 heteroatoms. The summed E-state index contributed by atoms with van der Waals surface area (Å²) in [7, 11) is 0. The molecule has 2 fully saturated rings.